The minimum absolute atomic E-state index is 0.134. The lowest BCUT2D eigenvalue weighted by Gasteiger charge is -2.12. The van der Waals surface area contributed by atoms with E-state index in [1.54, 1.807) is 0 Å². The van der Waals surface area contributed by atoms with Crippen LogP contribution >= 0.6 is 0 Å². The van der Waals surface area contributed by atoms with E-state index in [1.165, 1.54) is 18.1 Å². The summed E-state index contributed by atoms with van der Waals surface area (Å²) in [6, 6.07) is 3.41. The number of alkyl halides is 3. The number of benzene rings is 1. The molecule has 0 bridgehead atoms. The molecule has 0 unspecified atom stereocenters. The second kappa shape index (κ2) is 5.55. The molecule has 0 radical (unpaired) electrons. The predicted octanol–water partition coefficient (Wildman–Crippen LogP) is 4.20. The Morgan fingerprint density at radius 1 is 1.26 bits per heavy atom. The highest BCUT2D eigenvalue weighted by Gasteiger charge is 2.30. The third kappa shape index (κ3) is 3.66. The molecule has 3 N–H and O–H groups in total. The summed E-state index contributed by atoms with van der Waals surface area (Å²) in [5, 5.41) is 3.09. The topological polar surface area (TPSA) is 38.0 Å². The van der Waals surface area contributed by atoms with Crippen LogP contribution in [0.4, 0.5) is 24.5 Å². The van der Waals surface area contributed by atoms with E-state index < -0.39 is 11.7 Å². The van der Waals surface area contributed by atoms with Crippen molar-refractivity contribution in [3.8, 4) is 0 Å². The monoisotopic (exact) mass is 270 g/mol. The Morgan fingerprint density at radius 2 is 2.05 bits per heavy atom. The van der Waals surface area contributed by atoms with Crippen molar-refractivity contribution in [3.05, 3.63) is 35.4 Å². The molecule has 2 nitrogen and oxygen atoms in total. The summed E-state index contributed by atoms with van der Waals surface area (Å²) in [6.45, 7) is 0.696. The fourth-order valence-corrected chi connectivity index (χ4v) is 2.22. The van der Waals surface area contributed by atoms with Crippen molar-refractivity contribution in [1.82, 2.24) is 0 Å². The van der Waals surface area contributed by atoms with Crippen molar-refractivity contribution in [2.75, 3.05) is 17.6 Å². The van der Waals surface area contributed by atoms with Gasteiger partial charge in [0, 0.05) is 6.54 Å². The highest BCUT2D eigenvalue weighted by Crippen LogP contribution is 2.32. The van der Waals surface area contributed by atoms with E-state index >= 15 is 0 Å². The van der Waals surface area contributed by atoms with Crippen LogP contribution < -0.4 is 11.1 Å². The van der Waals surface area contributed by atoms with Gasteiger partial charge in [0.15, 0.2) is 0 Å². The number of hydrogen-bond donors (Lipinski definition) is 2. The Bertz CT molecular complexity index is 478. The number of rotatable bonds is 4. The Kier molecular flexibility index (Phi) is 4.02. The highest BCUT2D eigenvalue weighted by atomic mass is 19.4. The Labute approximate surface area is 110 Å². The average Bonchev–Trinajstić information content (AvgIpc) is 2.83. The fourth-order valence-electron chi connectivity index (χ4n) is 2.22. The van der Waals surface area contributed by atoms with Crippen LogP contribution in [0.1, 0.15) is 31.2 Å². The molecular weight excluding hydrogens is 253 g/mol. The van der Waals surface area contributed by atoms with Gasteiger partial charge < -0.3 is 11.1 Å². The van der Waals surface area contributed by atoms with Crippen molar-refractivity contribution < 1.29 is 13.2 Å². The quantitative estimate of drug-likeness (QED) is 0.635. The number of nitrogens with two attached hydrogens (primary N) is 1. The van der Waals surface area contributed by atoms with Crippen LogP contribution in [0.5, 0.6) is 0 Å². The summed E-state index contributed by atoms with van der Waals surface area (Å²) in [5.41, 5.74) is 7.03. The Balaban J connectivity index is 1.93. The number of nitrogen functional groups attached to an aromatic ring is 1. The van der Waals surface area contributed by atoms with Crippen molar-refractivity contribution >= 4 is 11.4 Å². The average molecular weight is 270 g/mol. The molecule has 0 fully saturated rings. The number of halogens is 3. The third-order valence-electron chi connectivity index (χ3n) is 3.28. The van der Waals surface area contributed by atoms with E-state index in [9.17, 15) is 13.2 Å². The number of nitrogens with one attached hydrogen (secondary N) is 1. The molecule has 104 valence electrons. The lowest BCUT2D eigenvalue weighted by molar-refractivity contribution is -0.137. The second-order valence-corrected chi connectivity index (χ2v) is 4.73. The van der Waals surface area contributed by atoms with Crippen molar-refractivity contribution in [3.63, 3.8) is 0 Å². The minimum Gasteiger partial charge on any atom is -0.397 e. The minimum atomic E-state index is -4.35. The van der Waals surface area contributed by atoms with Gasteiger partial charge in [-0.15, -0.1) is 0 Å². The molecule has 2 rings (SSSR count). The SMILES string of the molecule is Nc1cc(C(F)(F)F)ccc1NCCC1=CCCC1. The van der Waals surface area contributed by atoms with Crippen molar-refractivity contribution in [2.24, 2.45) is 0 Å². The van der Waals surface area contributed by atoms with Crippen LogP contribution in [0, 0.1) is 0 Å². The molecule has 0 spiro atoms. The Morgan fingerprint density at radius 3 is 2.63 bits per heavy atom. The molecule has 1 aromatic rings. The maximum absolute atomic E-state index is 12.5. The smallest absolute Gasteiger partial charge is 0.397 e. The summed E-state index contributed by atoms with van der Waals surface area (Å²) < 4.78 is 37.4. The zero-order chi connectivity index (χ0) is 13.9. The van der Waals surface area contributed by atoms with Gasteiger partial charge in [0.25, 0.3) is 0 Å². The maximum Gasteiger partial charge on any atom is 0.416 e. The summed E-state index contributed by atoms with van der Waals surface area (Å²) in [7, 11) is 0. The molecule has 0 aliphatic heterocycles. The van der Waals surface area contributed by atoms with Crippen LogP contribution in [0.3, 0.4) is 0 Å². The molecule has 0 saturated carbocycles. The molecule has 0 atom stereocenters. The maximum atomic E-state index is 12.5. The number of anilines is 2. The molecular formula is C14H17F3N2. The van der Waals surface area contributed by atoms with E-state index in [2.05, 4.69) is 11.4 Å². The van der Waals surface area contributed by atoms with Crippen LogP contribution in [0.15, 0.2) is 29.8 Å². The molecule has 0 aromatic heterocycles. The van der Waals surface area contributed by atoms with Gasteiger partial charge in [-0.1, -0.05) is 11.6 Å². The van der Waals surface area contributed by atoms with Crippen LogP contribution in [0.25, 0.3) is 0 Å². The lowest BCUT2D eigenvalue weighted by Crippen LogP contribution is -2.09. The molecule has 0 amide bonds. The van der Waals surface area contributed by atoms with Gasteiger partial charge in [-0.25, -0.2) is 0 Å². The molecule has 19 heavy (non-hydrogen) atoms. The molecule has 1 aromatic carbocycles. The summed E-state index contributed by atoms with van der Waals surface area (Å²) >= 11 is 0. The first-order valence-corrected chi connectivity index (χ1v) is 6.35. The molecule has 0 heterocycles. The summed E-state index contributed by atoms with van der Waals surface area (Å²) in [5.74, 6) is 0. The highest BCUT2D eigenvalue weighted by molar-refractivity contribution is 5.67. The van der Waals surface area contributed by atoms with E-state index in [0.717, 1.165) is 31.4 Å². The Hall–Kier alpha value is -1.65. The first kappa shape index (κ1) is 13.8. The van der Waals surface area contributed by atoms with Crippen LogP contribution in [-0.4, -0.2) is 6.54 Å². The van der Waals surface area contributed by atoms with Gasteiger partial charge in [0.2, 0.25) is 0 Å². The zero-order valence-electron chi connectivity index (χ0n) is 10.6. The first-order chi connectivity index (χ1) is 8.97. The van der Waals surface area contributed by atoms with Gasteiger partial charge in [-0.05, 0) is 43.9 Å². The molecule has 0 saturated heterocycles. The standard InChI is InChI=1S/C14H17F3N2/c15-14(16,17)11-5-6-13(12(18)9-11)19-8-7-10-3-1-2-4-10/h3,5-6,9,19H,1-2,4,7-8,18H2. The van der Waals surface area contributed by atoms with E-state index in [-0.39, 0.29) is 5.69 Å². The van der Waals surface area contributed by atoms with Gasteiger partial charge in [-0.3, -0.25) is 0 Å². The van der Waals surface area contributed by atoms with Crippen molar-refractivity contribution in [1.29, 1.82) is 0 Å². The molecule has 5 heteroatoms. The first-order valence-electron chi connectivity index (χ1n) is 6.35. The van der Waals surface area contributed by atoms with Crippen LogP contribution in [-0.2, 0) is 6.18 Å². The molecule has 1 aliphatic carbocycles. The summed E-state index contributed by atoms with van der Waals surface area (Å²) in [4.78, 5) is 0. The normalized spacial score (nSPS) is 15.4. The largest absolute Gasteiger partial charge is 0.416 e. The predicted molar refractivity (Wildman–Crippen MR) is 70.9 cm³/mol. The van der Waals surface area contributed by atoms with E-state index in [0.29, 0.717) is 12.2 Å². The zero-order valence-corrected chi connectivity index (χ0v) is 10.6. The van der Waals surface area contributed by atoms with Gasteiger partial charge >= 0.3 is 6.18 Å². The van der Waals surface area contributed by atoms with Crippen LogP contribution in [0.2, 0.25) is 0 Å². The van der Waals surface area contributed by atoms with Crippen molar-refractivity contribution in [2.45, 2.75) is 31.9 Å². The van der Waals surface area contributed by atoms with Gasteiger partial charge in [0.1, 0.15) is 0 Å². The summed E-state index contributed by atoms with van der Waals surface area (Å²) in [6.07, 6.45) is 2.28. The lowest BCUT2D eigenvalue weighted by atomic mass is 10.1. The fraction of sp³-hybridized carbons (Fsp3) is 0.429. The van der Waals surface area contributed by atoms with E-state index in [1.807, 2.05) is 0 Å². The van der Waals surface area contributed by atoms with Gasteiger partial charge in [-0.2, -0.15) is 13.2 Å². The van der Waals surface area contributed by atoms with Gasteiger partial charge in [0.05, 0.1) is 16.9 Å². The van der Waals surface area contributed by atoms with E-state index in [4.69, 9.17) is 5.73 Å². The number of hydrogen-bond acceptors (Lipinski definition) is 2. The third-order valence-corrected chi connectivity index (χ3v) is 3.28. The molecule has 1 aliphatic rings. The second-order valence-electron chi connectivity index (χ2n) is 4.73. The number of allylic oxidation sites excluding steroid dienone is 1.